The molecule has 0 heterocycles. The Balaban J connectivity index is 1.69. The SMILES string of the molecule is Cc1ccc(S(=O)(=O)NCCCCOc2ccc(C#N)cc2)cc1. The van der Waals surface area contributed by atoms with E-state index in [0.29, 0.717) is 30.9 Å². The third kappa shape index (κ3) is 5.37. The second kappa shape index (κ2) is 8.48. The van der Waals surface area contributed by atoms with Gasteiger partial charge in [0, 0.05) is 6.54 Å². The van der Waals surface area contributed by atoms with Crippen molar-refractivity contribution in [3.63, 3.8) is 0 Å². The first-order chi connectivity index (χ1) is 11.5. The molecule has 0 saturated heterocycles. The zero-order valence-corrected chi connectivity index (χ0v) is 14.3. The monoisotopic (exact) mass is 344 g/mol. The van der Waals surface area contributed by atoms with Gasteiger partial charge < -0.3 is 4.74 Å². The van der Waals surface area contributed by atoms with Gasteiger partial charge in [0.1, 0.15) is 5.75 Å². The molecule has 0 aliphatic rings. The van der Waals surface area contributed by atoms with Gasteiger partial charge in [0.15, 0.2) is 0 Å². The molecule has 0 saturated carbocycles. The minimum atomic E-state index is -3.45. The number of ether oxygens (including phenoxy) is 1. The number of rotatable bonds is 8. The first-order valence-electron chi connectivity index (χ1n) is 7.70. The second-order valence-corrected chi connectivity index (χ2v) is 7.17. The Kier molecular flexibility index (Phi) is 6.36. The summed E-state index contributed by atoms with van der Waals surface area (Å²) >= 11 is 0. The first kappa shape index (κ1) is 18.0. The Morgan fingerprint density at radius 3 is 2.33 bits per heavy atom. The highest BCUT2D eigenvalue weighted by atomic mass is 32.2. The Labute approximate surface area is 142 Å². The van der Waals surface area contributed by atoms with Crippen LogP contribution in [-0.4, -0.2) is 21.6 Å². The Morgan fingerprint density at radius 1 is 1.04 bits per heavy atom. The van der Waals surface area contributed by atoms with E-state index in [0.717, 1.165) is 12.0 Å². The summed E-state index contributed by atoms with van der Waals surface area (Å²) < 4.78 is 32.3. The van der Waals surface area contributed by atoms with Gasteiger partial charge >= 0.3 is 0 Å². The molecular weight excluding hydrogens is 324 g/mol. The molecule has 2 aromatic carbocycles. The third-order valence-corrected chi connectivity index (χ3v) is 4.92. The molecule has 0 unspecified atom stereocenters. The van der Waals surface area contributed by atoms with Crippen LogP contribution in [-0.2, 0) is 10.0 Å². The van der Waals surface area contributed by atoms with Gasteiger partial charge in [0.2, 0.25) is 10.0 Å². The molecule has 126 valence electrons. The number of benzene rings is 2. The molecule has 0 aromatic heterocycles. The summed E-state index contributed by atoms with van der Waals surface area (Å²) in [5.41, 5.74) is 1.61. The summed E-state index contributed by atoms with van der Waals surface area (Å²) in [6.45, 7) is 2.78. The minimum Gasteiger partial charge on any atom is -0.494 e. The van der Waals surface area contributed by atoms with Crippen molar-refractivity contribution in [2.24, 2.45) is 0 Å². The highest BCUT2D eigenvalue weighted by Gasteiger charge is 2.12. The van der Waals surface area contributed by atoms with Crippen molar-refractivity contribution >= 4 is 10.0 Å². The van der Waals surface area contributed by atoms with Crippen LogP contribution in [0.4, 0.5) is 0 Å². The predicted molar refractivity (Wildman–Crippen MR) is 92.3 cm³/mol. The van der Waals surface area contributed by atoms with E-state index < -0.39 is 10.0 Å². The van der Waals surface area contributed by atoms with E-state index in [4.69, 9.17) is 10.00 Å². The van der Waals surface area contributed by atoms with Gasteiger partial charge in [0.25, 0.3) is 0 Å². The second-order valence-electron chi connectivity index (χ2n) is 5.40. The lowest BCUT2D eigenvalue weighted by molar-refractivity contribution is 0.307. The van der Waals surface area contributed by atoms with Crippen LogP contribution in [0.25, 0.3) is 0 Å². The number of nitriles is 1. The molecule has 1 N–H and O–H groups in total. The van der Waals surface area contributed by atoms with Crippen molar-refractivity contribution < 1.29 is 13.2 Å². The fraction of sp³-hybridized carbons (Fsp3) is 0.278. The summed E-state index contributed by atoms with van der Waals surface area (Å²) in [7, 11) is -3.45. The lowest BCUT2D eigenvalue weighted by Gasteiger charge is -2.08. The molecule has 5 nitrogen and oxygen atoms in total. The minimum absolute atomic E-state index is 0.280. The van der Waals surface area contributed by atoms with E-state index in [1.807, 2.05) is 13.0 Å². The van der Waals surface area contributed by atoms with Crippen molar-refractivity contribution in [1.82, 2.24) is 4.72 Å². The Morgan fingerprint density at radius 2 is 1.71 bits per heavy atom. The number of hydrogen-bond acceptors (Lipinski definition) is 4. The number of aryl methyl sites for hydroxylation is 1. The zero-order valence-electron chi connectivity index (χ0n) is 13.5. The van der Waals surface area contributed by atoms with Crippen LogP contribution in [0.1, 0.15) is 24.0 Å². The smallest absolute Gasteiger partial charge is 0.240 e. The van der Waals surface area contributed by atoms with Crippen LogP contribution >= 0.6 is 0 Å². The third-order valence-electron chi connectivity index (χ3n) is 3.45. The molecule has 0 bridgehead atoms. The molecule has 0 spiro atoms. The normalized spacial score (nSPS) is 11.0. The van der Waals surface area contributed by atoms with E-state index >= 15 is 0 Å². The molecule has 2 aromatic rings. The van der Waals surface area contributed by atoms with Crippen molar-refractivity contribution in [2.75, 3.05) is 13.2 Å². The summed E-state index contributed by atoms with van der Waals surface area (Å²) in [6, 6.07) is 15.7. The number of nitrogens with zero attached hydrogens (tertiary/aromatic N) is 1. The van der Waals surface area contributed by atoms with Crippen LogP contribution in [0.5, 0.6) is 5.75 Å². The van der Waals surface area contributed by atoms with Gasteiger partial charge in [-0.2, -0.15) is 5.26 Å². The highest BCUT2D eigenvalue weighted by Crippen LogP contribution is 2.12. The maximum absolute atomic E-state index is 12.1. The molecule has 0 radical (unpaired) electrons. The van der Waals surface area contributed by atoms with E-state index in [1.54, 1.807) is 48.5 Å². The van der Waals surface area contributed by atoms with Crippen LogP contribution < -0.4 is 9.46 Å². The van der Waals surface area contributed by atoms with E-state index in [1.165, 1.54) is 0 Å². The summed E-state index contributed by atoms with van der Waals surface area (Å²) in [5, 5.41) is 8.72. The quantitative estimate of drug-likeness (QED) is 0.747. The van der Waals surface area contributed by atoms with E-state index in [2.05, 4.69) is 4.72 Å². The van der Waals surface area contributed by atoms with Crippen LogP contribution in [0, 0.1) is 18.3 Å². The number of sulfonamides is 1. The molecule has 24 heavy (non-hydrogen) atoms. The molecule has 0 aliphatic carbocycles. The summed E-state index contributed by atoms with van der Waals surface area (Å²) in [4.78, 5) is 0.280. The van der Waals surface area contributed by atoms with Gasteiger partial charge in [-0.3, -0.25) is 0 Å². The van der Waals surface area contributed by atoms with Crippen LogP contribution in [0.3, 0.4) is 0 Å². The van der Waals surface area contributed by atoms with Gasteiger partial charge in [-0.05, 0) is 56.2 Å². The Bertz CT molecular complexity index is 792. The fourth-order valence-corrected chi connectivity index (χ4v) is 3.12. The summed E-state index contributed by atoms with van der Waals surface area (Å²) in [5.74, 6) is 0.703. The molecule has 6 heteroatoms. The van der Waals surface area contributed by atoms with Gasteiger partial charge in [-0.15, -0.1) is 0 Å². The summed E-state index contributed by atoms with van der Waals surface area (Å²) in [6.07, 6.45) is 1.41. The Hall–Kier alpha value is -2.36. The van der Waals surface area contributed by atoms with Crippen molar-refractivity contribution in [1.29, 1.82) is 5.26 Å². The van der Waals surface area contributed by atoms with Gasteiger partial charge in [-0.25, -0.2) is 13.1 Å². The van der Waals surface area contributed by atoms with Crippen molar-refractivity contribution in [3.8, 4) is 11.8 Å². The maximum atomic E-state index is 12.1. The average Bonchev–Trinajstić information content (AvgIpc) is 2.59. The number of hydrogen-bond donors (Lipinski definition) is 1. The van der Waals surface area contributed by atoms with Crippen LogP contribution in [0.2, 0.25) is 0 Å². The largest absolute Gasteiger partial charge is 0.494 e. The maximum Gasteiger partial charge on any atom is 0.240 e. The predicted octanol–water partition coefficient (Wildman–Crippen LogP) is 3.00. The van der Waals surface area contributed by atoms with Crippen molar-refractivity contribution in [3.05, 3.63) is 59.7 Å². The number of unbranched alkanes of at least 4 members (excludes halogenated alkanes) is 1. The zero-order chi connectivity index (χ0) is 17.4. The van der Waals surface area contributed by atoms with Crippen molar-refractivity contribution in [2.45, 2.75) is 24.7 Å². The lowest BCUT2D eigenvalue weighted by Crippen LogP contribution is -2.25. The molecule has 0 atom stereocenters. The topological polar surface area (TPSA) is 79.2 Å². The lowest BCUT2D eigenvalue weighted by atomic mass is 10.2. The number of nitrogens with one attached hydrogen (secondary N) is 1. The van der Waals surface area contributed by atoms with E-state index in [9.17, 15) is 8.42 Å². The fourth-order valence-electron chi connectivity index (χ4n) is 2.05. The molecular formula is C18H20N2O3S. The standard InChI is InChI=1S/C18H20N2O3S/c1-15-4-10-18(11-5-15)24(21,22)20-12-2-3-13-23-17-8-6-16(14-19)7-9-17/h4-11,20H,2-3,12-13H2,1H3. The average molecular weight is 344 g/mol. The molecule has 0 amide bonds. The molecule has 0 aliphatic heterocycles. The molecule has 2 rings (SSSR count). The van der Waals surface area contributed by atoms with Gasteiger partial charge in [0.05, 0.1) is 23.1 Å². The molecule has 0 fully saturated rings. The van der Waals surface area contributed by atoms with E-state index in [-0.39, 0.29) is 4.90 Å². The van der Waals surface area contributed by atoms with Crippen LogP contribution in [0.15, 0.2) is 53.4 Å². The highest BCUT2D eigenvalue weighted by molar-refractivity contribution is 7.89. The van der Waals surface area contributed by atoms with Gasteiger partial charge in [-0.1, -0.05) is 17.7 Å². The first-order valence-corrected chi connectivity index (χ1v) is 9.19.